The fraction of sp³-hybridized carbons (Fsp3) is 0.333. The van der Waals surface area contributed by atoms with Crippen LogP contribution in [-0.4, -0.2) is 21.1 Å². The number of rotatable bonds is 4. The molecule has 0 amide bonds. The SMILES string of the molecule is CC(C)OCc1cn(-c2ccccc2)nn1. The van der Waals surface area contributed by atoms with E-state index in [-0.39, 0.29) is 6.10 Å². The molecule has 0 unspecified atom stereocenters. The molecule has 0 saturated heterocycles. The summed E-state index contributed by atoms with van der Waals surface area (Å²) in [5.74, 6) is 0. The Morgan fingerprint density at radius 2 is 2.00 bits per heavy atom. The smallest absolute Gasteiger partial charge is 0.109 e. The van der Waals surface area contributed by atoms with Gasteiger partial charge in [0.1, 0.15) is 5.69 Å². The molecule has 0 spiro atoms. The minimum Gasteiger partial charge on any atom is -0.372 e. The van der Waals surface area contributed by atoms with Gasteiger partial charge < -0.3 is 4.74 Å². The average Bonchev–Trinajstić information content (AvgIpc) is 2.76. The molecule has 0 atom stereocenters. The number of para-hydroxylation sites is 1. The maximum atomic E-state index is 5.46. The largest absolute Gasteiger partial charge is 0.372 e. The van der Waals surface area contributed by atoms with Crippen LogP contribution < -0.4 is 0 Å². The summed E-state index contributed by atoms with van der Waals surface area (Å²) in [6.07, 6.45) is 2.10. The Labute approximate surface area is 94.9 Å². The molecule has 0 fully saturated rings. The van der Waals surface area contributed by atoms with Gasteiger partial charge in [-0.3, -0.25) is 0 Å². The lowest BCUT2D eigenvalue weighted by molar-refractivity contribution is 0.0635. The summed E-state index contributed by atoms with van der Waals surface area (Å²) in [5, 5.41) is 8.10. The summed E-state index contributed by atoms with van der Waals surface area (Å²) in [7, 11) is 0. The van der Waals surface area contributed by atoms with Crippen molar-refractivity contribution in [2.24, 2.45) is 0 Å². The maximum absolute atomic E-state index is 5.46. The molecule has 16 heavy (non-hydrogen) atoms. The second kappa shape index (κ2) is 4.90. The van der Waals surface area contributed by atoms with E-state index >= 15 is 0 Å². The zero-order chi connectivity index (χ0) is 11.4. The van der Waals surface area contributed by atoms with E-state index < -0.39 is 0 Å². The molecule has 0 aliphatic rings. The van der Waals surface area contributed by atoms with E-state index in [4.69, 9.17) is 4.74 Å². The standard InChI is InChI=1S/C12H15N3O/c1-10(2)16-9-11-8-15(14-13-11)12-6-4-3-5-7-12/h3-8,10H,9H2,1-2H3. The van der Waals surface area contributed by atoms with E-state index in [0.29, 0.717) is 6.61 Å². The van der Waals surface area contributed by atoms with Crippen LogP contribution in [0.25, 0.3) is 5.69 Å². The van der Waals surface area contributed by atoms with E-state index in [9.17, 15) is 0 Å². The first-order valence-electron chi connectivity index (χ1n) is 5.34. The minimum absolute atomic E-state index is 0.210. The molecule has 0 bridgehead atoms. The van der Waals surface area contributed by atoms with E-state index in [2.05, 4.69) is 10.3 Å². The molecular formula is C12H15N3O. The van der Waals surface area contributed by atoms with Crippen molar-refractivity contribution in [1.29, 1.82) is 0 Å². The molecule has 0 radical (unpaired) electrons. The van der Waals surface area contributed by atoms with E-state index in [1.807, 2.05) is 50.4 Å². The Morgan fingerprint density at radius 3 is 2.69 bits per heavy atom. The summed E-state index contributed by atoms with van der Waals surface area (Å²) >= 11 is 0. The van der Waals surface area contributed by atoms with Crippen molar-refractivity contribution >= 4 is 0 Å². The fourth-order valence-electron chi connectivity index (χ4n) is 1.32. The number of benzene rings is 1. The molecule has 2 aromatic rings. The van der Waals surface area contributed by atoms with Gasteiger partial charge in [0.15, 0.2) is 0 Å². The first-order chi connectivity index (χ1) is 7.75. The van der Waals surface area contributed by atoms with E-state index in [0.717, 1.165) is 11.4 Å². The molecule has 0 aliphatic carbocycles. The van der Waals surface area contributed by atoms with Crippen molar-refractivity contribution in [3.05, 3.63) is 42.2 Å². The van der Waals surface area contributed by atoms with Crippen LogP contribution in [0.2, 0.25) is 0 Å². The van der Waals surface area contributed by atoms with Crippen molar-refractivity contribution < 1.29 is 4.74 Å². The molecule has 1 aromatic heterocycles. The minimum atomic E-state index is 0.210. The third kappa shape index (κ3) is 2.67. The van der Waals surface area contributed by atoms with Crippen molar-refractivity contribution in [2.75, 3.05) is 0 Å². The van der Waals surface area contributed by atoms with E-state index in [1.165, 1.54) is 0 Å². The van der Waals surface area contributed by atoms with Gasteiger partial charge in [-0.25, -0.2) is 4.68 Å². The normalized spacial score (nSPS) is 10.9. The summed E-state index contributed by atoms with van der Waals surface area (Å²) in [6, 6.07) is 9.90. The molecule has 0 N–H and O–H groups in total. The molecule has 0 saturated carbocycles. The molecule has 1 aromatic carbocycles. The highest BCUT2D eigenvalue weighted by Gasteiger charge is 2.03. The Bertz CT molecular complexity index is 437. The Hall–Kier alpha value is -1.68. The Kier molecular flexibility index (Phi) is 3.31. The predicted octanol–water partition coefficient (Wildman–Crippen LogP) is 2.19. The van der Waals surface area contributed by atoms with Gasteiger partial charge in [0, 0.05) is 0 Å². The van der Waals surface area contributed by atoms with Gasteiger partial charge >= 0.3 is 0 Å². The number of ether oxygens (including phenoxy) is 1. The van der Waals surface area contributed by atoms with Crippen LogP contribution in [-0.2, 0) is 11.3 Å². The fourth-order valence-corrected chi connectivity index (χ4v) is 1.32. The van der Waals surface area contributed by atoms with Gasteiger partial charge in [-0.05, 0) is 26.0 Å². The number of hydrogen-bond acceptors (Lipinski definition) is 3. The van der Waals surface area contributed by atoms with Crippen LogP contribution in [0, 0.1) is 0 Å². The first-order valence-corrected chi connectivity index (χ1v) is 5.34. The van der Waals surface area contributed by atoms with Crippen LogP contribution in [0.1, 0.15) is 19.5 Å². The van der Waals surface area contributed by atoms with Gasteiger partial charge in [0.25, 0.3) is 0 Å². The molecule has 4 heteroatoms. The predicted molar refractivity (Wildman–Crippen MR) is 61.3 cm³/mol. The second-order valence-corrected chi connectivity index (χ2v) is 3.85. The third-order valence-electron chi connectivity index (χ3n) is 2.13. The second-order valence-electron chi connectivity index (χ2n) is 3.85. The van der Waals surface area contributed by atoms with Crippen molar-refractivity contribution in [3.63, 3.8) is 0 Å². The van der Waals surface area contributed by atoms with Crippen molar-refractivity contribution in [2.45, 2.75) is 26.6 Å². The highest BCUT2D eigenvalue weighted by molar-refractivity contribution is 5.29. The van der Waals surface area contributed by atoms with Gasteiger partial charge in [0.2, 0.25) is 0 Å². The van der Waals surface area contributed by atoms with Crippen LogP contribution in [0.4, 0.5) is 0 Å². The highest BCUT2D eigenvalue weighted by Crippen LogP contribution is 2.06. The average molecular weight is 217 g/mol. The molecule has 1 heterocycles. The zero-order valence-electron chi connectivity index (χ0n) is 9.50. The van der Waals surface area contributed by atoms with Crippen molar-refractivity contribution in [3.8, 4) is 5.69 Å². The molecule has 84 valence electrons. The van der Waals surface area contributed by atoms with Crippen LogP contribution >= 0.6 is 0 Å². The lowest BCUT2D eigenvalue weighted by Gasteiger charge is -2.03. The van der Waals surface area contributed by atoms with Crippen LogP contribution in [0.15, 0.2) is 36.5 Å². The topological polar surface area (TPSA) is 39.9 Å². The maximum Gasteiger partial charge on any atom is 0.109 e. The van der Waals surface area contributed by atoms with Crippen LogP contribution in [0.5, 0.6) is 0 Å². The quantitative estimate of drug-likeness (QED) is 0.788. The van der Waals surface area contributed by atoms with Gasteiger partial charge in [-0.2, -0.15) is 0 Å². The Morgan fingerprint density at radius 1 is 1.25 bits per heavy atom. The Balaban J connectivity index is 2.08. The first kappa shape index (κ1) is 10.8. The van der Waals surface area contributed by atoms with Crippen LogP contribution in [0.3, 0.4) is 0 Å². The lowest BCUT2D eigenvalue weighted by atomic mass is 10.3. The number of hydrogen-bond donors (Lipinski definition) is 0. The summed E-state index contributed by atoms with van der Waals surface area (Å²) in [5.41, 5.74) is 1.85. The zero-order valence-corrected chi connectivity index (χ0v) is 9.50. The highest BCUT2D eigenvalue weighted by atomic mass is 16.5. The van der Waals surface area contributed by atoms with Gasteiger partial charge in [-0.15, -0.1) is 5.10 Å². The molecule has 2 rings (SSSR count). The molecule has 4 nitrogen and oxygen atoms in total. The summed E-state index contributed by atoms with van der Waals surface area (Å²) in [6.45, 7) is 4.51. The third-order valence-corrected chi connectivity index (χ3v) is 2.13. The van der Waals surface area contributed by atoms with Gasteiger partial charge in [-0.1, -0.05) is 23.4 Å². The van der Waals surface area contributed by atoms with Gasteiger partial charge in [0.05, 0.1) is 24.6 Å². The monoisotopic (exact) mass is 217 g/mol. The molecular weight excluding hydrogens is 202 g/mol. The van der Waals surface area contributed by atoms with E-state index in [1.54, 1.807) is 4.68 Å². The number of aromatic nitrogens is 3. The molecule has 0 aliphatic heterocycles. The summed E-state index contributed by atoms with van der Waals surface area (Å²) in [4.78, 5) is 0. The number of nitrogens with zero attached hydrogens (tertiary/aromatic N) is 3. The van der Waals surface area contributed by atoms with Crippen molar-refractivity contribution in [1.82, 2.24) is 15.0 Å². The lowest BCUT2D eigenvalue weighted by Crippen LogP contribution is -2.02. The summed E-state index contributed by atoms with van der Waals surface area (Å²) < 4.78 is 7.21.